The molecule has 7 heteroatoms. The zero-order valence-electron chi connectivity index (χ0n) is 12.7. The average molecular weight is 294 g/mol. The number of amides is 2. The van der Waals surface area contributed by atoms with Crippen molar-refractivity contribution in [3.8, 4) is 0 Å². The maximum Gasteiger partial charge on any atom is 0.246 e. The van der Waals surface area contributed by atoms with Gasteiger partial charge in [-0.3, -0.25) is 14.3 Å². The van der Waals surface area contributed by atoms with E-state index in [1.807, 2.05) is 29.5 Å². The first kappa shape index (κ1) is 15.5. The van der Waals surface area contributed by atoms with Crippen molar-refractivity contribution in [1.29, 1.82) is 0 Å². The van der Waals surface area contributed by atoms with Gasteiger partial charge in [-0.05, 0) is 6.07 Å². The Balaban J connectivity index is 2.06. The van der Waals surface area contributed by atoms with Gasteiger partial charge in [0.2, 0.25) is 11.8 Å². The molecule has 1 aliphatic rings. The molecule has 21 heavy (non-hydrogen) atoms. The molecule has 0 aromatic carbocycles. The van der Waals surface area contributed by atoms with E-state index in [0.717, 1.165) is 5.69 Å². The second-order valence-corrected chi connectivity index (χ2v) is 5.53. The molecule has 1 N–H and O–H groups in total. The summed E-state index contributed by atoms with van der Waals surface area (Å²) in [5.74, 6) is -0.0858. The molecule has 7 nitrogen and oxygen atoms in total. The molecule has 1 aromatic heterocycles. The van der Waals surface area contributed by atoms with Crippen LogP contribution in [0.4, 0.5) is 0 Å². The number of ether oxygens (including phenoxy) is 1. The largest absolute Gasteiger partial charge is 0.375 e. The van der Waals surface area contributed by atoms with Crippen LogP contribution in [0.15, 0.2) is 12.3 Å². The summed E-state index contributed by atoms with van der Waals surface area (Å²) in [4.78, 5) is 25.5. The Morgan fingerprint density at radius 3 is 2.95 bits per heavy atom. The molecule has 2 rings (SSSR count). The Morgan fingerprint density at radius 2 is 2.29 bits per heavy atom. The highest BCUT2D eigenvalue weighted by atomic mass is 16.5. The number of hydrogen-bond donors (Lipinski definition) is 1. The van der Waals surface area contributed by atoms with Crippen LogP contribution in [-0.4, -0.2) is 53.3 Å². The van der Waals surface area contributed by atoms with Crippen LogP contribution in [-0.2, 0) is 20.9 Å². The molecule has 1 aliphatic heterocycles. The fourth-order valence-corrected chi connectivity index (χ4v) is 2.49. The molecule has 0 saturated carbocycles. The normalized spacial score (nSPS) is 17.7. The lowest BCUT2D eigenvalue weighted by Gasteiger charge is -2.35. The molecule has 2 amide bonds. The summed E-state index contributed by atoms with van der Waals surface area (Å²) in [7, 11) is 1.48. The second-order valence-electron chi connectivity index (χ2n) is 5.53. The summed E-state index contributed by atoms with van der Waals surface area (Å²) in [5, 5.41) is 7.11. The Bertz CT molecular complexity index is 512. The van der Waals surface area contributed by atoms with Crippen molar-refractivity contribution in [1.82, 2.24) is 20.0 Å². The molecule has 2 heterocycles. The third-order valence-corrected chi connectivity index (χ3v) is 3.50. The number of fused-ring (bicyclic) bond motifs is 1. The van der Waals surface area contributed by atoms with E-state index in [1.54, 1.807) is 6.20 Å². The molecular weight excluding hydrogens is 272 g/mol. The van der Waals surface area contributed by atoms with Gasteiger partial charge in [0, 0.05) is 32.3 Å². The van der Waals surface area contributed by atoms with Crippen molar-refractivity contribution in [2.75, 3.05) is 26.8 Å². The maximum atomic E-state index is 12.2. The van der Waals surface area contributed by atoms with Gasteiger partial charge in [0.15, 0.2) is 0 Å². The van der Waals surface area contributed by atoms with Gasteiger partial charge in [0.25, 0.3) is 0 Å². The van der Waals surface area contributed by atoms with Crippen LogP contribution in [0, 0.1) is 5.92 Å². The van der Waals surface area contributed by atoms with Crippen molar-refractivity contribution in [3.63, 3.8) is 0 Å². The summed E-state index contributed by atoms with van der Waals surface area (Å²) in [5.41, 5.74) is 0.987. The number of carbonyl (C=O) groups is 2. The lowest BCUT2D eigenvalue weighted by molar-refractivity contribution is -0.136. The Hall–Kier alpha value is -1.89. The van der Waals surface area contributed by atoms with Crippen LogP contribution in [0.1, 0.15) is 25.6 Å². The van der Waals surface area contributed by atoms with Crippen molar-refractivity contribution in [3.05, 3.63) is 18.0 Å². The van der Waals surface area contributed by atoms with Crippen molar-refractivity contribution < 1.29 is 14.3 Å². The van der Waals surface area contributed by atoms with E-state index >= 15 is 0 Å². The zero-order valence-corrected chi connectivity index (χ0v) is 12.7. The van der Waals surface area contributed by atoms with E-state index in [1.165, 1.54) is 7.11 Å². The number of aromatic nitrogens is 2. The van der Waals surface area contributed by atoms with Crippen molar-refractivity contribution in [2.45, 2.75) is 26.4 Å². The second kappa shape index (κ2) is 6.71. The highest BCUT2D eigenvalue weighted by Crippen LogP contribution is 2.21. The van der Waals surface area contributed by atoms with Crippen LogP contribution in [0.5, 0.6) is 0 Å². The lowest BCUT2D eigenvalue weighted by Crippen LogP contribution is -2.46. The monoisotopic (exact) mass is 294 g/mol. The van der Waals surface area contributed by atoms with E-state index < -0.39 is 0 Å². The van der Waals surface area contributed by atoms with E-state index in [2.05, 4.69) is 10.4 Å². The van der Waals surface area contributed by atoms with Gasteiger partial charge < -0.3 is 15.0 Å². The molecular formula is C14H22N4O3. The van der Waals surface area contributed by atoms with Gasteiger partial charge in [-0.1, -0.05) is 13.8 Å². The molecule has 0 fully saturated rings. The van der Waals surface area contributed by atoms with E-state index in [0.29, 0.717) is 19.6 Å². The van der Waals surface area contributed by atoms with Gasteiger partial charge in [-0.25, -0.2) is 0 Å². The predicted octanol–water partition coefficient (Wildman–Crippen LogP) is 0.185. The van der Waals surface area contributed by atoms with Gasteiger partial charge in [-0.2, -0.15) is 5.10 Å². The zero-order chi connectivity index (χ0) is 15.4. The quantitative estimate of drug-likeness (QED) is 0.841. The first-order valence-corrected chi connectivity index (χ1v) is 7.09. The molecule has 0 spiro atoms. The van der Waals surface area contributed by atoms with Crippen molar-refractivity contribution >= 4 is 11.8 Å². The topological polar surface area (TPSA) is 76.5 Å². The number of nitrogens with zero attached hydrogens (tertiary/aromatic N) is 3. The van der Waals surface area contributed by atoms with Crippen LogP contribution in [0.3, 0.4) is 0 Å². The summed E-state index contributed by atoms with van der Waals surface area (Å²) in [6.45, 7) is 5.37. The Kier molecular flexibility index (Phi) is 4.95. The number of nitrogens with one attached hydrogen (secondary N) is 1. The van der Waals surface area contributed by atoms with Crippen LogP contribution in [0.2, 0.25) is 0 Å². The SMILES string of the molecule is COCC(=O)NCC1CN(C(=O)C(C)C)Cc2ccnn21. The van der Waals surface area contributed by atoms with Gasteiger partial charge >= 0.3 is 0 Å². The molecule has 0 aliphatic carbocycles. The molecule has 0 radical (unpaired) electrons. The minimum Gasteiger partial charge on any atom is -0.375 e. The van der Waals surface area contributed by atoms with E-state index in [4.69, 9.17) is 4.74 Å². The molecule has 116 valence electrons. The summed E-state index contributed by atoms with van der Waals surface area (Å²) in [6, 6.07) is 1.86. The summed E-state index contributed by atoms with van der Waals surface area (Å²) >= 11 is 0. The highest BCUT2D eigenvalue weighted by molar-refractivity contribution is 5.78. The fourth-order valence-electron chi connectivity index (χ4n) is 2.49. The van der Waals surface area contributed by atoms with Gasteiger partial charge in [0.1, 0.15) is 6.61 Å². The number of hydrogen-bond acceptors (Lipinski definition) is 4. The average Bonchev–Trinajstić information content (AvgIpc) is 2.92. The van der Waals surface area contributed by atoms with Gasteiger partial charge in [0.05, 0.1) is 18.3 Å². The summed E-state index contributed by atoms with van der Waals surface area (Å²) < 4.78 is 6.68. The smallest absolute Gasteiger partial charge is 0.246 e. The Morgan fingerprint density at radius 1 is 1.52 bits per heavy atom. The molecule has 1 atom stereocenters. The predicted molar refractivity (Wildman–Crippen MR) is 76.4 cm³/mol. The minimum absolute atomic E-state index is 0.0350. The fraction of sp³-hybridized carbons (Fsp3) is 0.643. The lowest BCUT2D eigenvalue weighted by atomic mass is 10.1. The van der Waals surface area contributed by atoms with E-state index in [-0.39, 0.29) is 30.4 Å². The number of rotatable bonds is 5. The van der Waals surface area contributed by atoms with Crippen LogP contribution >= 0.6 is 0 Å². The van der Waals surface area contributed by atoms with Crippen LogP contribution in [0.25, 0.3) is 0 Å². The standard InChI is InChI=1S/C14H22N4O3/c1-10(2)14(20)17-7-11-4-5-16-18(11)12(8-17)6-15-13(19)9-21-3/h4-5,10,12H,6-9H2,1-3H3,(H,15,19). The summed E-state index contributed by atoms with van der Waals surface area (Å²) in [6.07, 6.45) is 1.72. The van der Waals surface area contributed by atoms with E-state index in [9.17, 15) is 9.59 Å². The van der Waals surface area contributed by atoms with Gasteiger partial charge in [-0.15, -0.1) is 0 Å². The third kappa shape index (κ3) is 3.60. The molecule has 1 aromatic rings. The third-order valence-electron chi connectivity index (χ3n) is 3.50. The maximum absolute atomic E-state index is 12.2. The van der Waals surface area contributed by atoms with Crippen molar-refractivity contribution in [2.24, 2.45) is 5.92 Å². The molecule has 0 bridgehead atoms. The van der Waals surface area contributed by atoms with Crippen LogP contribution < -0.4 is 5.32 Å². The minimum atomic E-state index is -0.168. The Labute approximate surface area is 124 Å². The number of carbonyl (C=O) groups excluding carboxylic acids is 2. The number of methoxy groups -OCH3 is 1. The molecule has 0 saturated heterocycles. The first-order valence-electron chi connectivity index (χ1n) is 7.09. The highest BCUT2D eigenvalue weighted by Gasteiger charge is 2.29. The first-order chi connectivity index (χ1) is 10.0. The molecule has 1 unspecified atom stereocenters.